The molecule has 1 aromatic carbocycles. The molecule has 0 saturated carbocycles. The fourth-order valence-corrected chi connectivity index (χ4v) is 2.22. The van der Waals surface area contributed by atoms with Crippen molar-refractivity contribution < 1.29 is 4.74 Å². The molecule has 0 bridgehead atoms. The van der Waals surface area contributed by atoms with Gasteiger partial charge in [-0.2, -0.15) is 0 Å². The van der Waals surface area contributed by atoms with Crippen LogP contribution in [-0.4, -0.2) is 26.2 Å². The van der Waals surface area contributed by atoms with Crippen LogP contribution in [0.1, 0.15) is 12.8 Å². The van der Waals surface area contributed by atoms with Crippen molar-refractivity contribution in [2.75, 3.05) is 25.1 Å². The highest BCUT2D eigenvalue weighted by molar-refractivity contribution is 6.30. The molecule has 3 nitrogen and oxygen atoms in total. The Morgan fingerprint density at radius 2 is 2.06 bits per heavy atom. The molecule has 0 aliphatic carbocycles. The largest absolute Gasteiger partial charge is 0.495 e. The first-order valence-corrected chi connectivity index (χ1v) is 5.92. The van der Waals surface area contributed by atoms with Gasteiger partial charge < -0.3 is 15.4 Å². The number of hydrogen-bond donors (Lipinski definition) is 1. The third-order valence-electron chi connectivity index (χ3n) is 3.02. The van der Waals surface area contributed by atoms with Gasteiger partial charge in [-0.15, -0.1) is 0 Å². The molecule has 88 valence electrons. The number of nitrogens with two attached hydrogens (primary N) is 1. The number of methoxy groups -OCH3 is 1. The summed E-state index contributed by atoms with van der Waals surface area (Å²) >= 11 is 6.01. The third kappa shape index (κ3) is 2.42. The van der Waals surface area contributed by atoms with Crippen molar-refractivity contribution in [3.05, 3.63) is 23.2 Å². The van der Waals surface area contributed by atoms with Crippen LogP contribution in [0.5, 0.6) is 5.75 Å². The van der Waals surface area contributed by atoms with Crippen LogP contribution in [0.3, 0.4) is 0 Å². The van der Waals surface area contributed by atoms with E-state index in [1.807, 2.05) is 18.2 Å². The quantitative estimate of drug-likeness (QED) is 0.862. The SMILES string of the molecule is COc1ccc(Cl)cc1N1CCC(N)CC1. The molecule has 2 rings (SSSR count). The number of hydrogen-bond acceptors (Lipinski definition) is 3. The summed E-state index contributed by atoms with van der Waals surface area (Å²) in [6.45, 7) is 1.94. The Balaban J connectivity index is 2.21. The second-order valence-corrected chi connectivity index (χ2v) is 4.58. The standard InChI is InChI=1S/C12H17ClN2O/c1-16-12-3-2-9(13)8-11(12)15-6-4-10(14)5-7-15/h2-3,8,10H,4-7,14H2,1H3. The van der Waals surface area contributed by atoms with Gasteiger partial charge in [0.25, 0.3) is 0 Å². The second-order valence-electron chi connectivity index (χ2n) is 4.14. The molecule has 4 heteroatoms. The summed E-state index contributed by atoms with van der Waals surface area (Å²) in [5, 5.41) is 0.741. The zero-order valence-corrected chi connectivity index (χ0v) is 10.2. The molecule has 1 heterocycles. The van der Waals surface area contributed by atoms with E-state index in [1.54, 1.807) is 7.11 Å². The van der Waals surface area contributed by atoms with Gasteiger partial charge in [-0.1, -0.05) is 11.6 Å². The highest BCUT2D eigenvalue weighted by Gasteiger charge is 2.19. The van der Waals surface area contributed by atoms with Crippen LogP contribution in [0.2, 0.25) is 5.02 Å². The zero-order chi connectivity index (χ0) is 11.5. The van der Waals surface area contributed by atoms with Gasteiger partial charge in [0, 0.05) is 24.2 Å². The highest BCUT2D eigenvalue weighted by Crippen LogP contribution is 2.32. The van der Waals surface area contributed by atoms with Gasteiger partial charge in [-0.25, -0.2) is 0 Å². The van der Waals surface area contributed by atoms with Crippen LogP contribution < -0.4 is 15.4 Å². The normalized spacial score (nSPS) is 17.6. The summed E-state index contributed by atoms with van der Waals surface area (Å²) < 4.78 is 5.35. The monoisotopic (exact) mass is 240 g/mol. The zero-order valence-electron chi connectivity index (χ0n) is 9.45. The van der Waals surface area contributed by atoms with Gasteiger partial charge in [0.2, 0.25) is 0 Å². The fourth-order valence-electron chi connectivity index (χ4n) is 2.05. The average Bonchev–Trinajstić information content (AvgIpc) is 2.30. The van der Waals surface area contributed by atoms with Gasteiger partial charge in [0.15, 0.2) is 0 Å². The fraction of sp³-hybridized carbons (Fsp3) is 0.500. The third-order valence-corrected chi connectivity index (χ3v) is 3.26. The summed E-state index contributed by atoms with van der Waals surface area (Å²) in [4.78, 5) is 2.29. The Morgan fingerprint density at radius 1 is 1.38 bits per heavy atom. The Labute approximate surface area is 101 Å². The minimum Gasteiger partial charge on any atom is -0.495 e. The molecular weight excluding hydrogens is 224 g/mol. The summed E-state index contributed by atoms with van der Waals surface area (Å²) in [6.07, 6.45) is 2.05. The van der Waals surface area contributed by atoms with E-state index >= 15 is 0 Å². The summed E-state index contributed by atoms with van der Waals surface area (Å²) in [6, 6.07) is 6.05. The molecule has 1 aliphatic heterocycles. The number of nitrogens with zero attached hydrogens (tertiary/aromatic N) is 1. The highest BCUT2D eigenvalue weighted by atomic mass is 35.5. The van der Waals surface area contributed by atoms with E-state index in [-0.39, 0.29) is 0 Å². The van der Waals surface area contributed by atoms with Gasteiger partial charge in [0.1, 0.15) is 5.75 Å². The van der Waals surface area contributed by atoms with Crippen LogP contribution in [0.25, 0.3) is 0 Å². The van der Waals surface area contributed by atoms with E-state index in [1.165, 1.54) is 0 Å². The first kappa shape index (κ1) is 11.6. The van der Waals surface area contributed by atoms with Crippen LogP contribution >= 0.6 is 11.6 Å². The number of anilines is 1. The Hall–Kier alpha value is -0.930. The van der Waals surface area contributed by atoms with Crippen LogP contribution in [0.4, 0.5) is 5.69 Å². The number of ether oxygens (including phenoxy) is 1. The molecule has 2 N–H and O–H groups in total. The molecule has 0 radical (unpaired) electrons. The maximum atomic E-state index is 6.01. The molecule has 16 heavy (non-hydrogen) atoms. The average molecular weight is 241 g/mol. The Bertz CT molecular complexity index is 362. The molecular formula is C12H17ClN2O. The summed E-state index contributed by atoms with van der Waals surface area (Å²) in [5.41, 5.74) is 6.96. The maximum Gasteiger partial charge on any atom is 0.142 e. The Morgan fingerprint density at radius 3 is 2.69 bits per heavy atom. The molecule has 0 aromatic heterocycles. The minimum absolute atomic E-state index is 0.335. The van der Waals surface area contributed by atoms with Gasteiger partial charge in [-0.3, -0.25) is 0 Å². The minimum atomic E-state index is 0.335. The van der Waals surface area contributed by atoms with Crippen LogP contribution in [-0.2, 0) is 0 Å². The van der Waals surface area contributed by atoms with Crippen molar-refractivity contribution in [3.8, 4) is 5.75 Å². The predicted octanol–water partition coefficient (Wildman–Crippen LogP) is 2.28. The second kappa shape index (κ2) is 4.93. The van der Waals surface area contributed by atoms with Crippen molar-refractivity contribution >= 4 is 17.3 Å². The van der Waals surface area contributed by atoms with Gasteiger partial charge in [0.05, 0.1) is 12.8 Å². The smallest absolute Gasteiger partial charge is 0.142 e. The van der Waals surface area contributed by atoms with Crippen molar-refractivity contribution in [1.82, 2.24) is 0 Å². The molecule has 1 fully saturated rings. The predicted molar refractivity (Wildman–Crippen MR) is 67.4 cm³/mol. The number of benzene rings is 1. The first-order valence-electron chi connectivity index (χ1n) is 5.55. The summed E-state index contributed by atoms with van der Waals surface area (Å²) in [7, 11) is 1.68. The molecule has 1 saturated heterocycles. The molecule has 1 aliphatic rings. The maximum absolute atomic E-state index is 6.01. The summed E-state index contributed by atoms with van der Waals surface area (Å²) in [5.74, 6) is 0.875. The molecule has 0 unspecified atom stereocenters. The van der Waals surface area contributed by atoms with Crippen LogP contribution in [0.15, 0.2) is 18.2 Å². The van der Waals surface area contributed by atoms with Crippen LogP contribution in [0, 0.1) is 0 Å². The van der Waals surface area contributed by atoms with E-state index in [0.717, 1.165) is 42.4 Å². The van der Waals surface area contributed by atoms with Gasteiger partial charge >= 0.3 is 0 Å². The van der Waals surface area contributed by atoms with E-state index in [2.05, 4.69) is 4.90 Å². The van der Waals surface area contributed by atoms with Crippen molar-refractivity contribution in [2.45, 2.75) is 18.9 Å². The van der Waals surface area contributed by atoms with E-state index in [9.17, 15) is 0 Å². The van der Waals surface area contributed by atoms with Crippen molar-refractivity contribution in [3.63, 3.8) is 0 Å². The number of rotatable bonds is 2. The lowest BCUT2D eigenvalue weighted by molar-refractivity contribution is 0.411. The van der Waals surface area contributed by atoms with Gasteiger partial charge in [-0.05, 0) is 31.0 Å². The first-order chi connectivity index (χ1) is 7.70. The lowest BCUT2D eigenvalue weighted by Gasteiger charge is -2.32. The van der Waals surface area contributed by atoms with Crippen molar-refractivity contribution in [1.29, 1.82) is 0 Å². The molecule has 1 aromatic rings. The topological polar surface area (TPSA) is 38.5 Å². The van der Waals surface area contributed by atoms with E-state index in [0.29, 0.717) is 6.04 Å². The molecule has 0 amide bonds. The molecule has 0 spiro atoms. The lowest BCUT2D eigenvalue weighted by atomic mass is 10.1. The Kier molecular flexibility index (Phi) is 3.56. The molecule has 0 atom stereocenters. The van der Waals surface area contributed by atoms with Crippen molar-refractivity contribution in [2.24, 2.45) is 5.73 Å². The van der Waals surface area contributed by atoms with E-state index < -0.39 is 0 Å². The number of halogens is 1. The lowest BCUT2D eigenvalue weighted by Crippen LogP contribution is -2.39. The van der Waals surface area contributed by atoms with E-state index in [4.69, 9.17) is 22.1 Å². The number of piperidine rings is 1.